The largest absolute Gasteiger partial charge is 0.469 e. The van der Waals surface area contributed by atoms with E-state index in [1.807, 2.05) is 24.3 Å². The Hall–Kier alpha value is -2.12. The van der Waals surface area contributed by atoms with Gasteiger partial charge in [0.1, 0.15) is 0 Å². The number of carbonyl (C=O) groups excluding carboxylic acids is 2. The van der Waals surface area contributed by atoms with Crippen molar-refractivity contribution in [1.82, 2.24) is 0 Å². The molecule has 0 radical (unpaired) electrons. The van der Waals surface area contributed by atoms with Gasteiger partial charge in [-0.1, -0.05) is 0 Å². The van der Waals surface area contributed by atoms with E-state index in [2.05, 4.69) is 10.2 Å². The second-order valence-electron chi connectivity index (χ2n) is 6.92. The van der Waals surface area contributed by atoms with Gasteiger partial charge in [-0.2, -0.15) is 0 Å². The Morgan fingerprint density at radius 1 is 1.19 bits per heavy atom. The van der Waals surface area contributed by atoms with E-state index in [1.165, 1.54) is 12.0 Å². The normalized spacial score (nSPS) is 23.3. The number of hydrogen-bond acceptors (Lipinski definition) is 5. The maximum absolute atomic E-state index is 12.3. The van der Waals surface area contributed by atoms with E-state index < -0.39 is 0 Å². The van der Waals surface area contributed by atoms with Crippen molar-refractivity contribution in [1.29, 1.82) is 0 Å². The first-order valence-corrected chi connectivity index (χ1v) is 9.29. The fourth-order valence-corrected chi connectivity index (χ4v) is 3.61. The van der Waals surface area contributed by atoms with Crippen molar-refractivity contribution in [3.63, 3.8) is 0 Å². The van der Waals surface area contributed by atoms with Crippen LogP contribution in [0, 0.1) is 5.92 Å². The van der Waals surface area contributed by atoms with Crippen LogP contribution in [0.1, 0.15) is 12.8 Å². The number of benzene rings is 1. The monoisotopic (exact) mass is 362 g/mol. The van der Waals surface area contributed by atoms with Crippen molar-refractivity contribution in [2.75, 3.05) is 63.3 Å². The lowest BCUT2D eigenvalue weighted by atomic mass is 9.97. The van der Waals surface area contributed by atoms with Gasteiger partial charge in [0.15, 0.2) is 6.54 Å². The van der Waals surface area contributed by atoms with Crippen molar-refractivity contribution in [2.45, 2.75) is 12.8 Å². The maximum atomic E-state index is 12.3. The summed E-state index contributed by atoms with van der Waals surface area (Å²) in [6, 6.07) is 7.97. The number of likely N-dealkylation sites (tertiary alicyclic amines) is 1. The first-order chi connectivity index (χ1) is 12.7. The molecule has 0 unspecified atom stereocenters. The molecule has 0 saturated carbocycles. The van der Waals surface area contributed by atoms with Crippen molar-refractivity contribution < 1.29 is 24.0 Å². The van der Waals surface area contributed by atoms with E-state index >= 15 is 0 Å². The van der Waals surface area contributed by atoms with E-state index in [0.29, 0.717) is 6.54 Å². The highest BCUT2D eigenvalue weighted by molar-refractivity contribution is 5.91. The van der Waals surface area contributed by atoms with Crippen molar-refractivity contribution in [2.24, 2.45) is 5.92 Å². The third kappa shape index (κ3) is 4.95. The maximum Gasteiger partial charge on any atom is 0.309 e. The van der Waals surface area contributed by atoms with E-state index in [0.717, 1.165) is 63.6 Å². The molecule has 1 aromatic rings. The molecule has 0 aromatic heterocycles. The standard InChI is InChI=1S/C19H27N3O4/c1-25-19(24)15-6-8-21(9-7-15)14-18(23)20-16-2-4-17(5-3-16)22-10-12-26-13-11-22/h2-5,15H,6-14H2,1H3,(H,20,23)/p+1. The molecule has 2 N–H and O–H groups in total. The number of ether oxygens (including phenoxy) is 2. The topological polar surface area (TPSA) is 72.3 Å². The summed E-state index contributed by atoms with van der Waals surface area (Å²) in [5.41, 5.74) is 1.97. The summed E-state index contributed by atoms with van der Waals surface area (Å²) < 4.78 is 10.2. The lowest BCUT2D eigenvalue weighted by molar-refractivity contribution is -0.897. The molecular weight excluding hydrogens is 334 g/mol. The molecule has 26 heavy (non-hydrogen) atoms. The van der Waals surface area contributed by atoms with Gasteiger partial charge in [0.25, 0.3) is 5.91 Å². The third-order valence-corrected chi connectivity index (χ3v) is 5.17. The molecule has 0 atom stereocenters. The number of rotatable bonds is 5. The summed E-state index contributed by atoms with van der Waals surface area (Å²) in [4.78, 5) is 27.3. The second-order valence-corrected chi connectivity index (χ2v) is 6.92. The van der Waals surface area contributed by atoms with Crippen molar-refractivity contribution >= 4 is 23.3 Å². The summed E-state index contributed by atoms with van der Waals surface area (Å²) in [7, 11) is 1.43. The van der Waals surface area contributed by atoms with E-state index in [1.54, 1.807) is 0 Å². The molecule has 2 heterocycles. The van der Waals surface area contributed by atoms with Gasteiger partial charge in [-0.15, -0.1) is 0 Å². The summed E-state index contributed by atoms with van der Waals surface area (Å²) in [5, 5.41) is 2.97. The Kier molecular flexibility index (Phi) is 6.46. The molecule has 2 saturated heterocycles. The SMILES string of the molecule is COC(=O)C1CC[NH+](CC(=O)Nc2ccc(N3CCOCC3)cc2)CC1. The number of nitrogens with zero attached hydrogens (tertiary/aromatic N) is 1. The molecule has 3 rings (SSSR count). The summed E-state index contributed by atoms with van der Waals surface area (Å²) >= 11 is 0. The van der Waals surface area contributed by atoms with Gasteiger partial charge < -0.3 is 24.6 Å². The molecule has 0 spiro atoms. The summed E-state index contributed by atoms with van der Waals surface area (Å²) in [5.74, 6) is -0.135. The third-order valence-electron chi connectivity index (χ3n) is 5.17. The van der Waals surface area contributed by atoms with E-state index in [9.17, 15) is 9.59 Å². The molecule has 2 aliphatic rings. The van der Waals surface area contributed by atoms with Crippen LogP contribution in [0.4, 0.5) is 11.4 Å². The van der Waals surface area contributed by atoms with Crippen LogP contribution in [-0.4, -0.2) is 64.9 Å². The van der Waals surface area contributed by atoms with Gasteiger partial charge >= 0.3 is 5.97 Å². The van der Waals surface area contributed by atoms with Gasteiger partial charge in [0.2, 0.25) is 0 Å². The van der Waals surface area contributed by atoms with E-state index in [4.69, 9.17) is 9.47 Å². The number of amides is 1. The zero-order valence-corrected chi connectivity index (χ0v) is 15.3. The number of morpholine rings is 1. The fraction of sp³-hybridized carbons (Fsp3) is 0.579. The first-order valence-electron chi connectivity index (χ1n) is 9.29. The molecule has 1 amide bonds. The number of esters is 1. The summed E-state index contributed by atoms with van der Waals surface area (Å²) in [6.07, 6.45) is 1.56. The molecule has 1 aromatic carbocycles. The Bertz CT molecular complexity index is 606. The predicted octanol–water partition coefficient (Wildman–Crippen LogP) is -0.0704. The van der Waals surface area contributed by atoms with Crippen LogP contribution in [0.25, 0.3) is 0 Å². The van der Waals surface area contributed by atoms with Crippen LogP contribution >= 0.6 is 0 Å². The van der Waals surface area contributed by atoms with Crippen LogP contribution in [0.3, 0.4) is 0 Å². The Morgan fingerprint density at radius 3 is 2.46 bits per heavy atom. The number of hydrogen-bond donors (Lipinski definition) is 2. The molecule has 142 valence electrons. The lowest BCUT2D eigenvalue weighted by Crippen LogP contribution is -3.14. The van der Waals surface area contributed by atoms with Gasteiger partial charge in [0.05, 0.1) is 39.3 Å². The molecule has 7 nitrogen and oxygen atoms in total. The minimum Gasteiger partial charge on any atom is -0.469 e. The van der Waals surface area contributed by atoms with Gasteiger partial charge in [-0.3, -0.25) is 9.59 Å². The van der Waals surface area contributed by atoms with Crippen LogP contribution in [0.15, 0.2) is 24.3 Å². The molecule has 0 bridgehead atoms. The number of nitrogens with one attached hydrogen (secondary N) is 2. The van der Waals surface area contributed by atoms with E-state index in [-0.39, 0.29) is 17.8 Å². The highest BCUT2D eigenvalue weighted by Gasteiger charge is 2.29. The highest BCUT2D eigenvalue weighted by atomic mass is 16.5. The Morgan fingerprint density at radius 2 is 1.85 bits per heavy atom. The Balaban J connectivity index is 1.44. The lowest BCUT2D eigenvalue weighted by Gasteiger charge is -2.29. The second kappa shape index (κ2) is 9.00. The minimum absolute atomic E-state index is 0.00985. The number of piperidine rings is 1. The zero-order valence-electron chi connectivity index (χ0n) is 15.3. The number of anilines is 2. The number of methoxy groups -OCH3 is 1. The van der Waals surface area contributed by atoms with Crippen LogP contribution in [0.2, 0.25) is 0 Å². The number of quaternary nitrogens is 1. The quantitative estimate of drug-likeness (QED) is 0.718. The summed E-state index contributed by atoms with van der Waals surface area (Å²) in [6.45, 7) is 5.39. The van der Waals surface area contributed by atoms with Gasteiger partial charge in [-0.25, -0.2) is 0 Å². The van der Waals surface area contributed by atoms with Gasteiger partial charge in [0, 0.05) is 37.3 Å². The molecule has 7 heteroatoms. The zero-order chi connectivity index (χ0) is 18.4. The highest BCUT2D eigenvalue weighted by Crippen LogP contribution is 2.19. The van der Waals surface area contributed by atoms with Crippen molar-refractivity contribution in [3.05, 3.63) is 24.3 Å². The average Bonchev–Trinajstić information content (AvgIpc) is 2.69. The fourth-order valence-electron chi connectivity index (χ4n) is 3.61. The van der Waals surface area contributed by atoms with Gasteiger partial charge in [-0.05, 0) is 24.3 Å². The van der Waals surface area contributed by atoms with Crippen molar-refractivity contribution in [3.8, 4) is 0 Å². The molecule has 2 aliphatic heterocycles. The first kappa shape index (κ1) is 18.7. The Labute approximate surface area is 154 Å². The smallest absolute Gasteiger partial charge is 0.309 e. The van der Waals surface area contributed by atoms with Crippen LogP contribution in [-0.2, 0) is 19.1 Å². The number of carbonyl (C=O) groups is 2. The van der Waals surface area contributed by atoms with Crippen LogP contribution in [0.5, 0.6) is 0 Å². The molecule has 2 fully saturated rings. The van der Waals surface area contributed by atoms with Crippen LogP contribution < -0.4 is 15.1 Å². The molecule has 0 aliphatic carbocycles. The predicted molar refractivity (Wildman–Crippen MR) is 98.4 cm³/mol. The molecular formula is C19H28N3O4+. The average molecular weight is 362 g/mol. The minimum atomic E-state index is -0.131.